The smallest absolute Gasteiger partial charge is 0.264 e. The molecule has 0 aliphatic heterocycles. The lowest BCUT2D eigenvalue weighted by atomic mass is 10.2. The maximum atomic E-state index is 11.3. The standard InChI is InChI=1S/C11H15ClO4S/c1-3-15-6-7-16-10-5-4-9(2)8-11(10)17(12,13)14/h4-5,8H,3,6-7H2,1-2H3. The van der Waals surface area contributed by atoms with Crippen LogP contribution in [-0.2, 0) is 13.8 Å². The molecule has 0 unspecified atom stereocenters. The van der Waals surface area contributed by atoms with Crippen molar-refractivity contribution in [2.24, 2.45) is 0 Å². The lowest BCUT2D eigenvalue weighted by molar-refractivity contribution is 0.109. The van der Waals surface area contributed by atoms with Gasteiger partial charge in [-0.15, -0.1) is 0 Å². The molecule has 0 heterocycles. The van der Waals surface area contributed by atoms with Crippen molar-refractivity contribution in [1.29, 1.82) is 0 Å². The van der Waals surface area contributed by atoms with Gasteiger partial charge >= 0.3 is 0 Å². The Morgan fingerprint density at radius 3 is 2.59 bits per heavy atom. The Morgan fingerprint density at radius 1 is 1.29 bits per heavy atom. The molecule has 1 aromatic rings. The Hall–Kier alpha value is -0.780. The minimum Gasteiger partial charge on any atom is -0.490 e. The van der Waals surface area contributed by atoms with E-state index in [-0.39, 0.29) is 17.3 Å². The summed E-state index contributed by atoms with van der Waals surface area (Å²) in [7, 11) is 1.54. The topological polar surface area (TPSA) is 52.6 Å². The number of benzene rings is 1. The van der Waals surface area contributed by atoms with Crippen LogP contribution >= 0.6 is 10.7 Å². The molecule has 0 amide bonds. The van der Waals surface area contributed by atoms with Crippen molar-refractivity contribution in [2.75, 3.05) is 19.8 Å². The zero-order valence-corrected chi connectivity index (χ0v) is 11.3. The summed E-state index contributed by atoms with van der Waals surface area (Å²) in [4.78, 5) is -0.00401. The molecule has 6 heteroatoms. The highest BCUT2D eigenvalue weighted by Gasteiger charge is 2.16. The quantitative estimate of drug-likeness (QED) is 0.592. The molecule has 1 aromatic carbocycles. The fourth-order valence-corrected chi connectivity index (χ4v) is 2.34. The normalized spacial score (nSPS) is 11.5. The Balaban J connectivity index is 2.84. The first-order chi connectivity index (χ1) is 7.95. The minimum atomic E-state index is -3.79. The van der Waals surface area contributed by atoms with E-state index < -0.39 is 9.05 Å². The van der Waals surface area contributed by atoms with Gasteiger partial charge in [0.25, 0.3) is 9.05 Å². The Labute approximate surface area is 106 Å². The highest BCUT2D eigenvalue weighted by Crippen LogP contribution is 2.27. The summed E-state index contributed by atoms with van der Waals surface area (Å²) in [6, 6.07) is 4.84. The lowest BCUT2D eigenvalue weighted by Crippen LogP contribution is -2.08. The Kier molecular flexibility index (Phi) is 5.24. The maximum Gasteiger partial charge on any atom is 0.264 e. The van der Waals surface area contributed by atoms with Crippen molar-refractivity contribution in [3.8, 4) is 5.75 Å². The molecule has 0 aromatic heterocycles. The third-order valence-corrected chi connectivity index (χ3v) is 3.39. The van der Waals surface area contributed by atoms with Gasteiger partial charge in [-0.25, -0.2) is 8.42 Å². The van der Waals surface area contributed by atoms with Gasteiger partial charge in [0.15, 0.2) is 0 Å². The van der Waals surface area contributed by atoms with E-state index in [9.17, 15) is 8.42 Å². The number of aryl methyl sites for hydroxylation is 1. The predicted molar refractivity (Wildman–Crippen MR) is 66.2 cm³/mol. The van der Waals surface area contributed by atoms with Gasteiger partial charge in [0, 0.05) is 17.3 Å². The molecule has 0 aliphatic carbocycles. The van der Waals surface area contributed by atoms with E-state index in [4.69, 9.17) is 20.2 Å². The SMILES string of the molecule is CCOCCOc1ccc(C)cc1S(=O)(=O)Cl. The zero-order valence-electron chi connectivity index (χ0n) is 9.77. The molecule has 0 aliphatic rings. The van der Waals surface area contributed by atoms with Gasteiger partial charge in [0.2, 0.25) is 0 Å². The van der Waals surface area contributed by atoms with E-state index in [1.165, 1.54) is 6.07 Å². The van der Waals surface area contributed by atoms with Crippen LogP contribution in [0.25, 0.3) is 0 Å². The highest BCUT2D eigenvalue weighted by molar-refractivity contribution is 8.13. The molecule has 0 N–H and O–H groups in total. The van der Waals surface area contributed by atoms with Crippen molar-refractivity contribution in [1.82, 2.24) is 0 Å². The fourth-order valence-electron chi connectivity index (χ4n) is 1.28. The van der Waals surface area contributed by atoms with E-state index in [2.05, 4.69) is 0 Å². The zero-order chi connectivity index (χ0) is 12.9. The van der Waals surface area contributed by atoms with Crippen LogP contribution in [0, 0.1) is 6.92 Å². The molecule has 96 valence electrons. The van der Waals surface area contributed by atoms with Crippen LogP contribution in [0.3, 0.4) is 0 Å². The summed E-state index contributed by atoms with van der Waals surface area (Å²) in [5, 5.41) is 0. The van der Waals surface area contributed by atoms with Gasteiger partial charge in [-0.2, -0.15) is 0 Å². The molecule has 0 spiro atoms. The van der Waals surface area contributed by atoms with Crippen molar-refractivity contribution in [3.63, 3.8) is 0 Å². The summed E-state index contributed by atoms with van der Waals surface area (Å²) < 4.78 is 33.1. The van der Waals surface area contributed by atoms with Crippen molar-refractivity contribution in [2.45, 2.75) is 18.7 Å². The molecule has 17 heavy (non-hydrogen) atoms. The summed E-state index contributed by atoms with van der Waals surface area (Å²) in [6.07, 6.45) is 0. The van der Waals surface area contributed by atoms with Crippen molar-refractivity contribution in [3.05, 3.63) is 23.8 Å². The number of hydrogen-bond acceptors (Lipinski definition) is 4. The van der Waals surface area contributed by atoms with Crippen molar-refractivity contribution >= 4 is 19.7 Å². The van der Waals surface area contributed by atoms with Crippen LogP contribution in [0.5, 0.6) is 5.75 Å². The molecular weight excluding hydrogens is 264 g/mol. The van der Waals surface area contributed by atoms with E-state index in [1.807, 2.05) is 6.92 Å². The van der Waals surface area contributed by atoms with E-state index >= 15 is 0 Å². The summed E-state index contributed by atoms with van der Waals surface area (Å²) in [5.41, 5.74) is 0.807. The first kappa shape index (κ1) is 14.3. The molecule has 0 bridgehead atoms. The van der Waals surface area contributed by atoms with Crippen LogP contribution in [0.15, 0.2) is 23.1 Å². The van der Waals surface area contributed by atoms with E-state index in [0.717, 1.165) is 5.56 Å². The monoisotopic (exact) mass is 278 g/mol. The molecule has 0 fully saturated rings. The van der Waals surface area contributed by atoms with Gasteiger partial charge in [0.05, 0.1) is 6.61 Å². The number of hydrogen-bond donors (Lipinski definition) is 0. The van der Waals surface area contributed by atoms with Crippen LogP contribution in [0.1, 0.15) is 12.5 Å². The van der Waals surface area contributed by atoms with E-state index in [0.29, 0.717) is 13.2 Å². The van der Waals surface area contributed by atoms with Gasteiger partial charge in [-0.1, -0.05) is 6.07 Å². The summed E-state index contributed by atoms with van der Waals surface area (Å²) >= 11 is 0. The summed E-state index contributed by atoms with van der Waals surface area (Å²) in [6.45, 7) is 4.95. The molecule has 0 radical (unpaired) electrons. The first-order valence-corrected chi connectivity index (χ1v) is 7.52. The second-order valence-electron chi connectivity index (χ2n) is 3.43. The first-order valence-electron chi connectivity index (χ1n) is 5.21. The average Bonchev–Trinajstić information content (AvgIpc) is 2.25. The van der Waals surface area contributed by atoms with Gasteiger partial charge < -0.3 is 9.47 Å². The highest BCUT2D eigenvalue weighted by atomic mass is 35.7. The molecule has 4 nitrogen and oxygen atoms in total. The third-order valence-electron chi connectivity index (χ3n) is 2.05. The third kappa shape index (κ3) is 4.53. The number of rotatable bonds is 6. The number of halogens is 1. The van der Waals surface area contributed by atoms with Gasteiger partial charge in [0.1, 0.15) is 17.3 Å². The molecule has 1 rings (SSSR count). The second kappa shape index (κ2) is 6.23. The fraction of sp³-hybridized carbons (Fsp3) is 0.455. The van der Waals surface area contributed by atoms with Crippen LogP contribution < -0.4 is 4.74 Å². The van der Waals surface area contributed by atoms with Gasteiger partial charge in [-0.3, -0.25) is 0 Å². The Bertz CT molecular complexity index is 470. The van der Waals surface area contributed by atoms with Gasteiger partial charge in [-0.05, 0) is 31.5 Å². The maximum absolute atomic E-state index is 11.3. The predicted octanol–water partition coefficient (Wildman–Crippen LogP) is 2.34. The average molecular weight is 279 g/mol. The van der Waals surface area contributed by atoms with E-state index in [1.54, 1.807) is 19.1 Å². The molecule has 0 atom stereocenters. The van der Waals surface area contributed by atoms with Crippen molar-refractivity contribution < 1.29 is 17.9 Å². The largest absolute Gasteiger partial charge is 0.490 e. The summed E-state index contributed by atoms with van der Waals surface area (Å²) in [5.74, 6) is 0.255. The molecular formula is C11H15ClO4S. The second-order valence-corrected chi connectivity index (χ2v) is 5.97. The Morgan fingerprint density at radius 2 is 2.00 bits per heavy atom. The minimum absolute atomic E-state index is 0.00401. The number of ether oxygens (including phenoxy) is 2. The van der Waals surface area contributed by atoms with Crippen LogP contribution in [0.2, 0.25) is 0 Å². The van der Waals surface area contributed by atoms with Crippen LogP contribution in [0.4, 0.5) is 0 Å². The van der Waals surface area contributed by atoms with Crippen LogP contribution in [-0.4, -0.2) is 28.2 Å². The molecule has 0 saturated heterocycles. The lowest BCUT2D eigenvalue weighted by Gasteiger charge is -2.10. The molecule has 0 saturated carbocycles.